The van der Waals surface area contributed by atoms with Gasteiger partial charge in [-0.3, -0.25) is 0 Å². The number of thiophene rings is 1. The van der Waals surface area contributed by atoms with Gasteiger partial charge in [-0.25, -0.2) is 9.97 Å². The maximum absolute atomic E-state index is 4.66. The fourth-order valence-corrected chi connectivity index (χ4v) is 4.81. The number of fused-ring (bicyclic) bond motifs is 3. The van der Waals surface area contributed by atoms with Crippen LogP contribution in [-0.4, -0.2) is 47.6 Å². The fraction of sp³-hybridized carbons (Fsp3) is 0.625. The summed E-state index contributed by atoms with van der Waals surface area (Å²) in [5, 5.41) is 1.36. The zero-order valence-electron chi connectivity index (χ0n) is 12.6. The van der Waals surface area contributed by atoms with Gasteiger partial charge in [-0.15, -0.1) is 11.3 Å². The highest BCUT2D eigenvalue weighted by Crippen LogP contribution is 2.39. The number of aryl methyl sites for hydroxylation is 2. The van der Waals surface area contributed by atoms with E-state index in [0.29, 0.717) is 0 Å². The molecular weight excluding hydrogens is 280 g/mol. The first kappa shape index (κ1) is 13.5. The molecule has 0 amide bonds. The summed E-state index contributed by atoms with van der Waals surface area (Å²) in [5.74, 6) is 1.19. The number of hydrogen-bond donors (Lipinski definition) is 0. The minimum atomic E-state index is 1.09. The molecule has 2 aromatic rings. The number of nitrogens with zero attached hydrogens (tertiary/aromatic N) is 4. The third kappa shape index (κ3) is 2.32. The molecule has 0 radical (unpaired) electrons. The molecule has 4 nitrogen and oxygen atoms in total. The summed E-state index contributed by atoms with van der Waals surface area (Å²) in [6.07, 6.45) is 6.85. The predicted octanol–water partition coefficient (Wildman–Crippen LogP) is 2.71. The molecule has 0 atom stereocenters. The largest absolute Gasteiger partial charge is 0.353 e. The van der Waals surface area contributed by atoms with Gasteiger partial charge in [-0.05, 0) is 37.8 Å². The highest BCUT2D eigenvalue weighted by Gasteiger charge is 2.24. The third-order valence-electron chi connectivity index (χ3n) is 4.85. The molecule has 1 aliphatic carbocycles. The quantitative estimate of drug-likeness (QED) is 0.854. The van der Waals surface area contributed by atoms with Gasteiger partial charge >= 0.3 is 0 Å². The molecule has 0 N–H and O–H groups in total. The Balaban J connectivity index is 1.73. The molecule has 0 aromatic carbocycles. The van der Waals surface area contributed by atoms with E-state index in [2.05, 4.69) is 26.7 Å². The second kappa shape index (κ2) is 5.54. The Hall–Kier alpha value is -1.20. The van der Waals surface area contributed by atoms with E-state index in [4.69, 9.17) is 0 Å². The lowest BCUT2D eigenvalue weighted by atomic mass is 9.97. The zero-order chi connectivity index (χ0) is 14.2. The Bertz CT molecular complexity index is 643. The van der Waals surface area contributed by atoms with Crippen molar-refractivity contribution in [3.05, 3.63) is 16.8 Å². The van der Waals surface area contributed by atoms with Gasteiger partial charge in [-0.1, -0.05) is 6.92 Å². The molecule has 0 spiro atoms. The number of hydrogen-bond acceptors (Lipinski definition) is 5. The molecule has 1 aliphatic heterocycles. The molecule has 4 rings (SSSR count). The van der Waals surface area contributed by atoms with Crippen LogP contribution in [0.4, 0.5) is 5.82 Å². The standard InChI is InChI=1S/C16H22N4S/c1-2-19-7-9-20(10-8-19)15-14-12-5-3-4-6-13(12)21-16(14)18-11-17-15/h11H,2-10H2,1H3. The first-order valence-electron chi connectivity index (χ1n) is 8.09. The number of likely N-dealkylation sites (N-methyl/N-ethyl adjacent to an activating group) is 1. The van der Waals surface area contributed by atoms with Crippen LogP contribution in [0.15, 0.2) is 6.33 Å². The van der Waals surface area contributed by atoms with Crippen LogP contribution in [0.2, 0.25) is 0 Å². The van der Waals surface area contributed by atoms with E-state index in [0.717, 1.165) is 32.7 Å². The third-order valence-corrected chi connectivity index (χ3v) is 6.05. The Labute approximate surface area is 129 Å². The van der Waals surface area contributed by atoms with E-state index in [1.807, 2.05) is 11.3 Å². The second-order valence-electron chi connectivity index (χ2n) is 6.01. The molecule has 0 saturated carbocycles. The minimum Gasteiger partial charge on any atom is -0.353 e. The molecule has 112 valence electrons. The number of anilines is 1. The van der Waals surface area contributed by atoms with Gasteiger partial charge in [0.2, 0.25) is 0 Å². The number of rotatable bonds is 2. The van der Waals surface area contributed by atoms with Crippen molar-refractivity contribution in [1.29, 1.82) is 0 Å². The summed E-state index contributed by atoms with van der Waals surface area (Å²) in [6.45, 7) is 7.87. The van der Waals surface area contributed by atoms with Crippen LogP contribution in [0.25, 0.3) is 10.2 Å². The minimum absolute atomic E-state index is 1.09. The average Bonchev–Trinajstić information content (AvgIpc) is 2.93. The first-order chi connectivity index (χ1) is 10.4. The summed E-state index contributed by atoms with van der Waals surface area (Å²) < 4.78 is 0. The molecule has 1 saturated heterocycles. The Morgan fingerprint density at radius 3 is 2.71 bits per heavy atom. The fourth-order valence-electron chi connectivity index (χ4n) is 3.59. The summed E-state index contributed by atoms with van der Waals surface area (Å²) >= 11 is 1.89. The summed E-state index contributed by atoms with van der Waals surface area (Å²) in [4.78, 5) is 16.9. The van der Waals surface area contributed by atoms with Crippen LogP contribution in [0, 0.1) is 0 Å². The van der Waals surface area contributed by atoms with Crippen LogP contribution in [-0.2, 0) is 12.8 Å². The summed E-state index contributed by atoms with van der Waals surface area (Å²) in [7, 11) is 0. The van der Waals surface area contributed by atoms with Gasteiger partial charge in [0.05, 0.1) is 5.39 Å². The Morgan fingerprint density at radius 1 is 1.10 bits per heavy atom. The summed E-state index contributed by atoms with van der Waals surface area (Å²) in [6, 6.07) is 0. The Morgan fingerprint density at radius 2 is 1.90 bits per heavy atom. The van der Waals surface area contributed by atoms with Gasteiger partial charge in [0.25, 0.3) is 0 Å². The van der Waals surface area contributed by atoms with Crippen molar-refractivity contribution in [2.45, 2.75) is 32.6 Å². The molecule has 2 aromatic heterocycles. The average molecular weight is 302 g/mol. The molecule has 3 heterocycles. The molecule has 2 aliphatic rings. The highest BCUT2D eigenvalue weighted by atomic mass is 32.1. The van der Waals surface area contributed by atoms with E-state index >= 15 is 0 Å². The first-order valence-corrected chi connectivity index (χ1v) is 8.91. The van der Waals surface area contributed by atoms with Crippen molar-refractivity contribution in [3.63, 3.8) is 0 Å². The smallest absolute Gasteiger partial charge is 0.141 e. The lowest BCUT2D eigenvalue weighted by Crippen LogP contribution is -2.46. The SMILES string of the molecule is CCN1CCN(c2ncnc3sc4c(c23)CCCC4)CC1. The van der Waals surface area contributed by atoms with E-state index in [1.165, 1.54) is 41.7 Å². The van der Waals surface area contributed by atoms with Crippen LogP contribution < -0.4 is 4.90 Å². The van der Waals surface area contributed by atoms with Crippen LogP contribution >= 0.6 is 11.3 Å². The summed E-state index contributed by atoms with van der Waals surface area (Å²) in [5.41, 5.74) is 1.55. The van der Waals surface area contributed by atoms with Crippen molar-refractivity contribution in [3.8, 4) is 0 Å². The number of aromatic nitrogens is 2. The van der Waals surface area contributed by atoms with Gasteiger partial charge in [0, 0.05) is 31.1 Å². The predicted molar refractivity (Wildman–Crippen MR) is 88.4 cm³/mol. The molecule has 0 unspecified atom stereocenters. The van der Waals surface area contributed by atoms with E-state index in [1.54, 1.807) is 16.8 Å². The molecule has 0 bridgehead atoms. The van der Waals surface area contributed by atoms with Crippen LogP contribution in [0.1, 0.15) is 30.2 Å². The topological polar surface area (TPSA) is 32.3 Å². The zero-order valence-corrected chi connectivity index (χ0v) is 13.5. The lowest BCUT2D eigenvalue weighted by molar-refractivity contribution is 0.271. The van der Waals surface area contributed by atoms with Gasteiger partial charge < -0.3 is 9.80 Å². The second-order valence-corrected chi connectivity index (χ2v) is 7.09. The normalized spacial score (nSPS) is 20.0. The Kier molecular flexibility index (Phi) is 3.55. The van der Waals surface area contributed by atoms with Crippen molar-refractivity contribution in [2.75, 3.05) is 37.6 Å². The van der Waals surface area contributed by atoms with E-state index in [-0.39, 0.29) is 0 Å². The van der Waals surface area contributed by atoms with E-state index < -0.39 is 0 Å². The van der Waals surface area contributed by atoms with Gasteiger partial charge in [-0.2, -0.15) is 0 Å². The molecule has 1 fully saturated rings. The number of piperazine rings is 1. The highest BCUT2D eigenvalue weighted by molar-refractivity contribution is 7.19. The van der Waals surface area contributed by atoms with Gasteiger partial charge in [0.15, 0.2) is 0 Å². The van der Waals surface area contributed by atoms with Crippen molar-refractivity contribution in [2.24, 2.45) is 0 Å². The maximum atomic E-state index is 4.66. The van der Waals surface area contributed by atoms with E-state index in [9.17, 15) is 0 Å². The maximum Gasteiger partial charge on any atom is 0.141 e. The molecule has 5 heteroatoms. The van der Waals surface area contributed by atoms with Crippen molar-refractivity contribution >= 4 is 27.4 Å². The van der Waals surface area contributed by atoms with Crippen molar-refractivity contribution in [1.82, 2.24) is 14.9 Å². The van der Waals surface area contributed by atoms with Gasteiger partial charge in [0.1, 0.15) is 17.0 Å². The van der Waals surface area contributed by atoms with Crippen LogP contribution in [0.5, 0.6) is 0 Å². The molecular formula is C16H22N4S. The molecule has 21 heavy (non-hydrogen) atoms. The van der Waals surface area contributed by atoms with Crippen molar-refractivity contribution < 1.29 is 0 Å². The monoisotopic (exact) mass is 302 g/mol. The lowest BCUT2D eigenvalue weighted by Gasteiger charge is -2.35. The van der Waals surface area contributed by atoms with Crippen LogP contribution in [0.3, 0.4) is 0 Å².